The molecule has 0 aliphatic heterocycles. The van der Waals surface area contributed by atoms with Crippen LogP contribution < -0.4 is 10.5 Å². The zero-order chi connectivity index (χ0) is 13.9. The van der Waals surface area contributed by atoms with E-state index in [0.29, 0.717) is 17.9 Å². The monoisotopic (exact) mass is 313 g/mol. The topological polar surface area (TPSA) is 62.3 Å². The lowest BCUT2D eigenvalue weighted by Crippen LogP contribution is -2.43. The van der Waals surface area contributed by atoms with Gasteiger partial charge in [0.25, 0.3) is 0 Å². The van der Waals surface area contributed by atoms with Crippen LogP contribution in [0.2, 0.25) is 0 Å². The number of halogens is 1. The Bertz CT molecular complexity index is 444. The van der Waals surface area contributed by atoms with Gasteiger partial charge in [-0.05, 0) is 46.1 Å². The van der Waals surface area contributed by atoms with Crippen LogP contribution in [0.5, 0.6) is 5.75 Å². The molecule has 0 amide bonds. The van der Waals surface area contributed by atoms with Crippen molar-refractivity contribution in [2.45, 2.75) is 19.4 Å². The Morgan fingerprint density at radius 1 is 1.44 bits per heavy atom. The van der Waals surface area contributed by atoms with Crippen molar-refractivity contribution in [3.05, 3.63) is 28.2 Å². The Morgan fingerprint density at radius 2 is 2.06 bits per heavy atom. The van der Waals surface area contributed by atoms with Crippen molar-refractivity contribution in [1.29, 1.82) is 5.41 Å². The molecule has 0 saturated carbocycles. The van der Waals surface area contributed by atoms with Gasteiger partial charge in [-0.1, -0.05) is 15.9 Å². The molecule has 1 rings (SSSR count). The first kappa shape index (κ1) is 15.0. The number of nitrogen functional groups attached to an aromatic ring is 1. The maximum atomic E-state index is 7.56. The minimum atomic E-state index is -0.0822. The van der Waals surface area contributed by atoms with Gasteiger partial charge < -0.3 is 15.4 Å². The summed E-state index contributed by atoms with van der Waals surface area (Å²) in [4.78, 5) is 2.10. The first-order chi connectivity index (χ1) is 8.24. The zero-order valence-corrected chi connectivity index (χ0v) is 12.8. The van der Waals surface area contributed by atoms with E-state index in [-0.39, 0.29) is 11.4 Å². The van der Waals surface area contributed by atoms with Crippen molar-refractivity contribution in [3.8, 4) is 5.75 Å². The average Bonchev–Trinajstić information content (AvgIpc) is 2.27. The molecule has 1 aromatic carbocycles. The summed E-state index contributed by atoms with van der Waals surface area (Å²) in [5.41, 5.74) is 6.08. The van der Waals surface area contributed by atoms with E-state index in [0.717, 1.165) is 4.47 Å². The molecule has 0 aromatic heterocycles. The van der Waals surface area contributed by atoms with E-state index in [1.165, 1.54) is 0 Å². The van der Waals surface area contributed by atoms with Gasteiger partial charge in [-0.2, -0.15) is 0 Å². The quantitative estimate of drug-likeness (QED) is 0.648. The second kappa shape index (κ2) is 5.71. The lowest BCUT2D eigenvalue weighted by molar-refractivity contribution is 0.114. The minimum Gasteiger partial charge on any atom is -0.491 e. The molecule has 0 fully saturated rings. The van der Waals surface area contributed by atoms with E-state index in [1.807, 2.05) is 26.2 Å². The van der Waals surface area contributed by atoms with Gasteiger partial charge in [0.05, 0.1) is 5.56 Å². The molecule has 0 spiro atoms. The van der Waals surface area contributed by atoms with Crippen molar-refractivity contribution < 1.29 is 4.74 Å². The third-order valence-electron chi connectivity index (χ3n) is 3.02. The largest absolute Gasteiger partial charge is 0.491 e. The summed E-state index contributed by atoms with van der Waals surface area (Å²) in [5, 5.41) is 7.56. The molecule has 100 valence electrons. The van der Waals surface area contributed by atoms with Gasteiger partial charge in [-0.15, -0.1) is 0 Å². The highest BCUT2D eigenvalue weighted by molar-refractivity contribution is 9.10. The van der Waals surface area contributed by atoms with E-state index >= 15 is 0 Å². The Kier molecular flexibility index (Phi) is 4.76. The smallest absolute Gasteiger partial charge is 0.130 e. The second-order valence-corrected chi connectivity index (χ2v) is 5.97. The number of amidine groups is 1. The van der Waals surface area contributed by atoms with Crippen molar-refractivity contribution in [2.75, 3.05) is 20.7 Å². The molecule has 4 nitrogen and oxygen atoms in total. The van der Waals surface area contributed by atoms with Gasteiger partial charge in [0.1, 0.15) is 18.2 Å². The van der Waals surface area contributed by atoms with Crippen LogP contribution in [0.1, 0.15) is 19.4 Å². The molecule has 1 aromatic rings. The summed E-state index contributed by atoms with van der Waals surface area (Å²) >= 11 is 3.36. The number of hydrogen-bond acceptors (Lipinski definition) is 3. The molecule has 0 bridgehead atoms. The lowest BCUT2D eigenvalue weighted by atomic mass is 10.1. The molecule has 0 atom stereocenters. The molecular weight excluding hydrogens is 294 g/mol. The Morgan fingerprint density at radius 3 is 2.56 bits per heavy atom. The van der Waals surface area contributed by atoms with Crippen molar-refractivity contribution in [2.24, 2.45) is 5.73 Å². The van der Waals surface area contributed by atoms with Crippen LogP contribution in [0.3, 0.4) is 0 Å². The number of ether oxygens (including phenoxy) is 1. The molecule has 3 N–H and O–H groups in total. The third kappa shape index (κ3) is 3.71. The minimum absolute atomic E-state index is 0.00830. The van der Waals surface area contributed by atoms with Crippen LogP contribution >= 0.6 is 15.9 Å². The standard InChI is InChI=1S/C13H20BrN3O/c1-13(2,17(3)4)8-18-11-6-5-9(14)7-10(11)12(15)16/h5-7H,8H2,1-4H3,(H3,15,16). The number of rotatable bonds is 5. The number of nitrogens with one attached hydrogen (secondary N) is 1. The molecule has 0 unspecified atom stereocenters. The summed E-state index contributed by atoms with van der Waals surface area (Å²) in [6, 6.07) is 5.50. The fourth-order valence-corrected chi connectivity index (χ4v) is 1.58. The highest BCUT2D eigenvalue weighted by Gasteiger charge is 2.22. The highest BCUT2D eigenvalue weighted by atomic mass is 79.9. The number of nitrogens with zero attached hydrogens (tertiary/aromatic N) is 1. The summed E-state index contributed by atoms with van der Waals surface area (Å²) < 4.78 is 6.68. The molecule has 0 radical (unpaired) electrons. The van der Waals surface area contributed by atoms with Gasteiger partial charge in [0.2, 0.25) is 0 Å². The molecule has 18 heavy (non-hydrogen) atoms. The Hall–Kier alpha value is -1.07. The number of nitrogens with two attached hydrogens (primary N) is 1. The highest BCUT2D eigenvalue weighted by Crippen LogP contribution is 2.24. The van der Waals surface area contributed by atoms with E-state index in [4.69, 9.17) is 15.9 Å². The van der Waals surface area contributed by atoms with Crippen molar-refractivity contribution in [1.82, 2.24) is 4.90 Å². The molecule has 0 aliphatic rings. The molecule has 5 heteroatoms. The SMILES string of the molecule is CN(C)C(C)(C)COc1ccc(Br)cc1C(=N)N. The van der Waals surface area contributed by atoms with Gasteiger partial charge in [-0.3, -0.25) is 5.41 Å². The Balaban J connectivity index is 2.89. The summed E-state index contributed by atoms with van der Waals surface area (Å²) in [7, 11) is 4.02. The van der Waals surface area contributed by atoms with Crippen molar-refractivity contribution >= 4 is 21.8 Å². The predicted octanol–water partition coefficient (Wildman–Crippen LogP) is 2.45. The fourth-order valence-electron chi connectivity index (χ4n) is 1.22. The first-order valence-corrected chi connectivity index (χ1v) is 6.47. The van der Waals surface area contributed by atoms with Crippen LogP contribution in [0.4, 0.5) is 0 Å². The average molecular weight is 314 g/mol. The number of benzene rings is 1. The number of hydrogen-bond donors (Lipinski definition) is 2. The molecule has 0 heterocycles. The van der Waals surface area contributed by atoms with E-state index in [9.17, 15) is 0 Å². The maximum Gasteiger partial charge on any atom is 0.130 e. The van der Waals surface area contributed by atoms with Crippen LogP contribution in [0, 0.1) is 5.41 Å². The van der Waals surface area contributed by atoms with Gasteiger partial charge in [-0.25, -0.2) is 0 Å². The van der Waals surface area contributed by atoms with Crippen LogP contribution in [0.15, 0.2) is 22.7 Å². The zero-order valence-electron chi connectivity index (χ0n) is 11.2. The van der Waals surface area contributed by atoms with Crippen molar-refractivity contribution in [3.63, 3.8) is 0 Å². The van der Waals surface area contributed by atoms with Crippen LogP contribution in [0.25, 0.3) is 0 Å². The maximum absolute atomic E-state index is 7.56. The second-order valence-electron chi connectivity index (χ2n) is 5.05. The first-order valence-electron chi connectivity index (χ1n) is 5.68. The summed E-state index contributed by atoms with van der Waals surface area (Å²) in [6.07, 6.45) is 0. The van der Waals surface area contributed by atoms with E-state index in [2.05, 4.69) is 34.7 Å². The van der Waals surface area contributed by atoms with Crippen LogP contribution in [-0.4, -0.2) is 37.0 Å². The summed E-state index contributed by atoms with van der Waals surface area (Å²) in [6.45, 7) is 4.72. The summed E-state index contributed by atoms with van der Waals surface area (Å²) in [5.74, 6) is 0.648. The number of likely N-dealkylation sites (N-methyl/N-ethyl adjacent to an activating group) is 1. The fraction of sp³-hybridized carbons (Fsp3) is 0.462. The van der Waals surface area contributed by atoms with E-state index in [1.54, 1.807) is 6.07 Å². The molecule has 0 aliphatic carbocycles. The predicted molar refractivity (Wildman–Crippen MR) is 78.4 cm³/mol. The normalized spacial score (nSPS) is 11.7. The van der Waals surface area contributed by atoms with Gasteiger partial charge in [0, 0.05) is 10.0 Å². The van der Waals surface area contributed by atoms with E-state index < -0.39 is 0 Å². The Labute approximate surface area is 117 Å². The lowest BCUT2D eigenvalue weighted by Gasteiger charge is -2.32. The molecular formula is C13H20BrN3O. The third-order valence-corrected chi connectivity index (χ3v) is 3.52. The van der Waals surface area contributed by atoms with Gasteiger partial charge in [0.15, 0.2) is 0 Å². The van der Waals surface area contributed by atoms with Crippen LogP contribution in [-0.2, 0) is 0 Å². The van der Waals surface area contributed by atoms with Gasteiger partial charge >= 0.3 is 0 Å². The molecule has 0 saturated heterocycles.